The summed E-state index contributed by atoms with van der Waals surface area (Å²) in [6.07, 6.45) is 3.16. The Labute approximate surface area is 122 Å². The number of rotatable bonds is 2. The smallest absolute Gasteiger partial charge is 0.339 e. The van der Waals surface area contributed by atoms with Crippen molar-refractivity contribution >= 4 is 22.7 Å². The molecule has 0 aliphatic rings. The molecule has 2 aromatic rings. The SMILES string of the molecule is COC(=O)c1c(C(=O)OC(C)(C)C)ccc2ccncc12. The third-order valence-electron chi connectivity index (χ3n) is 2.83. The topological polar surface area (TPSA) is 65.5 Å². The number of benzene rings is 1. The number of pyridine rings is 1. The molecule has 0 spiro atoms. The third-order valence-corrected chi connectivity index (χ3v) is 2.83. The number of carbonyl (C=O) groups is 2. The van der Waals surface area contributed by atoms with Gasteiger partial charge in [-0.2, -0.15) is 0 Å². The molecule has 0 unspecified atom stereocenters. The molecule has 1 aromatic carbocycles. The van der Waals surface area contributed by atoms with E-state index in [-0.39, 0.29) is 11.1 Å². The van der Waals surface area contributed by atoms with Gasteiger partial charge in [-0.15, -0.1) is 0 Å². The van der Waals surface area contributed by atoms with Crippen molar-refractivity contribution in [2.45, 2.75) is 26.4 Å². The van der Waals surface area contributed by atoms with Gasteiger partial charge in [0, 0.05) is 17.8 Å². The van der Waals surface area contributed by atoms with Crippen LogP contribution in [0.25, 0.3) is 10.8 Å². The summed E-state index contributed by atoms with van der Waals surface area (Å²) < 4.78 is 10.1. The van der Waals surface area contributed by atoms with Crippen LogP contribution < -0.4 is 0 Å². The molecule has 0 atom stereocenters. The molecule has 0 bridgehead atoms. The summed E-state index contributed by atoms with van der Waals surface area (Å²) >= 11 is 0. The lowest BCUT2D eigenvalue weighted by Gasteiger charge is -2.20. The Morgan fingerprint density at radius 2 is 1.81 bits per heavy atom. The number of esters is 2. The fraction of sp³-hybridized carbons (Fsp3) is 0.312. The quantitative estimate of drug-likeness (QED) is 0.794. The molecule has 0 saturated carbocycles. The first kappa shape index (κ1) is 15.0. The minimum Gasteiger partial charge on any atom is -0.465 e. The van der Waals surface area contributed by atoms with Gasteiger partial charge in [0.2, 0.25) is 0 Å². The van der Waals surface area contributed by atoms with Gasteiger partial charge < -0.3 is 9.47 Å². The van der Waals surface area contributed by atoms with Gasteiger partial charge in [0.25, 0.3) is 0 Å². The van der Waals surface area contributed by atoms with E-state index in [0.29, 0.717) is 5.39 Å². The van der Waals surface area contributed by atoms with Crippen LogP contribution in [0.4, 0.5) is 0 Å². The molecular weight excluding hydrogens is 270 g/mol. The van der Waals surface area contributed by atoms with Crippen LogP contribution in [0.1, 0.15) is 41.5 Å². The maximum atomic E-state index is 12.3. The van der Waals surface area contributed by atoms with Crippen molar-refractivity contribution in [1.82, 2.24) is 4.98 Å². The van der Waals surface area contributed by atoms with Crippen LogP contribution in [0.5, 0.6) is 0 Å². The second-order valence-corrected chi connectivity index (χ2v) is 5.58. The number of hydrogen-bond donors (Lipinski definition) is 0. The summed E-state index contributed by atoms with van der Waals surface area (Å²) in [6, 6.07) is 5.09. The van der Waals surface area contributed by atoms with Gasteiger partial charge >= 0.3 is 11.9 Å². The van der Waals surface area contributed by atoms with Crippen LogP contribution in [0.15, 0.2) is 30.6 Å². The number of nitrogens with zero attached hydrogens (tertiary/aromatic N) is 1. The minimum absolute atomic E-state index is 0.178. The predicted octanol–water partition coefficient (Wildman–Crippen LogP) is 2.98. The van der Waals surface area contributed by atoms with Crippen molar-refractivity contribution < 1.29 is 19.1 Å². The van der Waals surface area contributed by atoms with Crippen LogP contribution in [0, 0.1) is 0 Å². The Morgan fingerprint density at radius 3 is 2.43 bits per heavy atom. The molecule has 2 rings (SSSR count). The second kappa shape index (κ2) is 5.52. The van der Waals surface area contributed by atoms with E-state index in [9.17, 15) is 9.59 Å². The average Bonchev–Trinajstić information content (AvgIpc) is 2.43. The minimum atomic E-state index is -0.644. The fourth-order valence-electron chi connectivity index (χ4n) is 1.99. The molecule has 0 aliphatic carbocycles. The van der Waals surface area contributed by atoms with Crippen molar-refractivity contribution in [3.8, 4) is 0 Å². The second-order valence-electron chi connectivity index (χ2n) is 5.58. The summed E-state index contributed by atoms with van der Waals surface area (Å²) in [5, 5.41) is 1.37. The molecule has 0 N–H and O–H groups in total. The lowest BCUT2D eigenvalue weighted by atomic mass is 10.0. The predicted molar refractivity (Wildman–Crippen MR) is 78.3 cm³/mol. The molecule has 0 aliphatic heterocycles. The first-order valence-corrected chi connectivity index (χ1v) is 6.52. The Kier molecular flexibility index (Phi) is 3.93. The molecule has 1 aromatic heterocycles. The molecule has 0 amide bonds. The van der Waals surface area contributed by atoms with Gasteiger partial charge in [0.15, 0.2) is 0 Å². The van der Waals surface area contributed by atoms with Crippen LogP contribution in [-0.2, 0) is 9.47 Å². The van der Waals surface area contributed by atoms with E-state index in [0.717, 1.165) is 5.39 Å². The molecule has 1 heterocycles. The maximum Gasteiger partial charge on any atom is 0.339 e. The summed E-state index contributed by atoms with van der Waals surface area (Å²) in [5.74, 6) is -1.15. The Hall–Kier alpha value is -2.43. The van der Waals surface area contributed by atoms with Gasteiger partial charge in [-0.1, -0.05) is 6.07 Å². The summed E-state index contributed by atoms with van der Waals surface area (Å²) in [5.41, 5.74) is -0.288. The molecular formula is C16H17NO4. The lowest BCUT2D eigenvalue weighted by Crippen LogP contribution is -2.25. The normalized spacial score (nSPS) is 11.2. The van der Waals surface area contributed by atoms with Gasteiger partial charge in [0.1, 0.15) is 5.60 Å². The van der Waals surface area contributed by atoms with E-state index in [1.165, 1.54) is 13.3 Å². The number of aromatic nitrogens is 1. The first-order chi connectivity index (χ1) is 9.83. The van der Waals surface area contributed by atoms with E-state index >= 15 is 0 Å². The standard InChI is InChI=1S/C16H17NO4/c1-16(2,3)21-14(18)11-6-5-10-7-8-17-9-12(10)13(11)15(19)20-4/h5-9H,1-4H3. The van der Waals surface area contributed by atoms with Crippen LogP contribution >= 0.6 is 0 Å². The highest BCUT2D eigenvalue weighted by molar-refractivity contribution is 6.12. The lowest BCUT2D eigenvalue weighted by molar-refractivity contribution is 0.00655. The Morgan fingerprint density at radius 1 is 1.10 bits per heavy atom. The van der Waals surface area contributed by atoms with Crippen molar-refractivity contribution in [2.24, 2.45) is 0 Å². The molecule has 110 valence electrons. The molecule has 5 nitrogen and oxygen atoms in total. The largest absolute Gasteiger partial charge is 0.465 e. The third kappa shape index (κ3) is 3.18. The average molecular weight is 287 g/mol. The zero-order chi connectivity index (χ0) is 15.6. The number of fused-ring (bicyclic) bond motifs is 1. The van der Waals surface area contributed by atoms with E-state index < -0.39 is 17.5 Å². The number of hydrogen-bond acceptors (Lipinski definition) is 5. The fourth-order valence-corrected chi connectivity index (χ4v) is 1.99. The van der Waals surface area contributed by atoms with Gasteiger partial charge in [-0.05, 0) is 38.3 Å². The number of ether oxygens (including phenoxy) is 2. The first-order valence-electron chi connectivity index (χ1n) is 6.52. The molecule has 0 radical (unpaired) electrons. The van der Waals surface area contributed by atoms with E-state index in [1.807, 2.05) is 0 Å². The monoisotopic (exact) mass is 287 g/mol. The Bertz CT molecular complexity index is 701. The van der Waals surface area contributed by atoms with Gasteiger partial charge in [-0.3, -0.25) is 4.98 Å². The molecule has 0 fully saturated rings. The van der Waals surface area contributed by atoms with Gasteiger partial charge in [-0.25, -0.2) is 9.59 Å². The Balaban J connectivity index is 2.63. The van der Waals surface area contributed by atoms with Crippen LogP contribution in [0.2, 0.25) is 0 Å². The zero-order valence-corrected chi connectivity index (χ0v) is 12.5. The van der Waals surface area contributed by atoms with E-state index in [1.54, 1.807) is 45.2 Å². The van der Waals surface area contributed by atoms with E-state index in [4.69, 9.17) is 9.47 Å². The zero-order valence-electron chi connectivity index (χ0n) is 12.5. The van der Waals surface area contributed by atoms with Crippen molar-refractivity contribution in [1.29, 1.82) is 0 Å². The summed E-state index contributed by atoms with van der Waals surface area (Å²) in [4.78, 5) is 28.4. The summed E-state index contributed by atoms with van der Waals surface area (Å²) in [6.45, 7) is 5.31. The van der Waals surface area contributed by atoms with Crippen molar-refractivity contribution in [3.05, 3.63) is 41.7 Å². The highest BCUT2D eigenvalue weighted by atomic mass is 16.6. The number of methoxy groups -OCH3 is 1. The maximum absolute atomic E-state index is 12.3. The van der Waals surface area contributed by atoms with Crippen LogP contribution in [-0.4, -0.2) is 29.6 Å². The summed E-state index contributed by atoms with van der Waals surface area (Å²) in [7, 11) is 1.27. The number of carbonyl (C=O) groups excluding carboxylic acids is 2. The highest BCUT2D eigenvalue weighted by Crippen LogP contribution is 2.24. The molecule has 0 saturated heterocycles. The van der Waals surface area contributed by atoms with Crippen molar-refractivity contribution in [2.75, 3.05) is 7.11 Å². The van der Waals surface area contributed by atoms with Crippen molar-refractivity contribution in [3.63, 3.8) is 0 Å². The highest BCUT2D eigenvalue weighted by Gasteiger charge is 2.25. The van der Waals surface area contributed by atoms with Crippen LogP contribution in [0.3, 0.4) is 0 Å². The molecule has 5 heteroatoms. The van der Waals surface area contributed by atoms with E-state index in [2.05, 4.69) is 4.98 Å². The molecule has 21 heavy (non-hydrogen) atoms. The van der Waals surface area contributed by atoms with Gasteiger partial charge in [0.05, 0.1) is 18.2 Å².